The Bertz CT molecular complexity index is 982. The Labute approximate surface area is 133 Å². The smallest absolute Gasteiger partial charge is 0.343 e. The third-order valence-electron chi connectivity index (χ3n) is 3.34. The molecule has 0 atom stereocenters. The molecule has 2 N–H and O–H groups in total. The number of fused-ring (bicyclic) bond motifs is 1. The van der Waals surface area contributed by atoms with Crippen LogP contribution in [0.25, 0.3) is 10.8 Å². The summed E-state index contributed by atoms with van der Waals surface area (Å²) in [4.78, 5) is 12.0. The number of esters is 1. The molecule has 3 aromatic rings. The summed E-state index contributed by atoms with van der Waals surface area (Å²) < 4.78 is 29.2. The third-order valence-corrected chi connectivity index (χ3v) is 4.33. The second kappa shape index (κ2) is 5.83. The number of nitrogens with two attached hydrogens (primary N) is 1. The maximum Gasteiger partial charge on any atom is 0.343 e. The van der Waals surface area contributed by atoms with Crippen molar-refractivity contribution in [1.82, 2.24) is 0 Å². The first-order valence-corrected chi connectivity index (χ1v) is 8.33. The summed E-state index contributed by atoms with van der Waals surface area (Å²) in [5, 5.41) is 6.42. The van der Waals surface area contributed by atoms with Gasteiger partial charge in [-0.25, -0.2) is 18.4 Å². The molecule has 5 nitrogen and oxygen atoms in total. The van der Waals surface area contributed by atoms with Crippen LogP contribution in [0.1, 0.15) is 10.4 Å². The first kappa shape index (κ1) is 15.2. The molecule has 0 fully saturated rings. The molecule has 0 aromatic heterocycles. The van der Waals surface area contributed by atoms with Crippen LogP contribution in [0.2, 0.25) is 0 Å². The second-order valence-corrected chi connectivity index (χ2v) is 6.41. The average Bonchev–Trinajstić information content (AvgIpc) is 2.54. The highest BCUT2D eigenvalue weighted by molar-refractivity contribution is 7.89. The van der Waals surface area contributed by atoms with Gasteiger partial charge in [0.05, 0.1) is 5.56 Å². The van der Waals surface area contributed by atoms with E-state index in [1.807, 2.05) is 0 Å². The van der Waals surface area contributed by atoms with Gasteiger partial charge in [-0.15, -0.1) is 0 Å². The number of primary sulfonamides is 1. The van der Waals surface area contributed by atoms with E-state index in [1.54, 1.807) is 60.7 Å². The third kappa shape index (κ3) is 3.08. The van der Waals surface area contributed by atoms with Crippen LogP contribution in [-0.2, 0) is 10.0 Å². The number of carbonyl (C=O) groups is 1. The van der Waals surface area contributed by atoms with E-state index in [1.165, 1.54) is 6.07 Å². The summed E-state index contributed by atoms with van der Waals surface area (Å²) in [7, 11) is -4.07. The lowest BCUT2D eigenvalue weighted by Crippen LogP contribution is -2.17. The first-order chi connectivity index (χ1) is 11.0. The van der Waals surface area contributed by atoms with Gasteiger partial charge < -0.3 is 4.74 Å². The summed E-state index contributed by atoms with van der Waals surface area (Å²) in [5.41, 5.74) is 0.320. The zero-order valence-corrected chi connectivity index (χ0v) is 12.8. The number of ether oxygens (including phenoxy) is 1. The van der Waals surface area contributed by atoms with Gasteiger partial charge in [0.1, 0.15) is 4.90 Å². The van der Waals surface area contributed by atoms with Crippen molar-refractivity contribution in [2.75, 3.05) is 0 Å². The van der Waals surface area contributed by atoms with E-state index >= 15 is 0 Å². The molecule has 0 aliphatic rings. The molecule has 23 heavy (non-hydrogen) atoms. The predicted octanol–water partition coefficient (Wildman–Crippen LogP) is 2.71. The number of hydrogen-bond donors (Lipinski definition) is 1. The van der Waals surface area contributed by atoms with Crippen LogP contribution in [0, 0.1) is 0 Å². The summed E-state index contributed by atoms with van der Waals surface area (Å²) in [6, 6.07) is 18.3. The molecule has 0 bridgehead atoms. The number of rotatable bonds is 3. The van der Waals surface area contributed by atoms with Crippen molar-refractivity contribution in [3.05, 3.63) is 72.3 Å². The standard InChI is InChI=1S/C17H13NO4S/c18-23(20,21)16-14-9-5-4-6-12(14)10-11-15(16)22-17(19)13-7-2-1-3-8-13/h1-11H,(H2,18,20,21). The molecule has 6 heteroatoms. The van der Waals surface area contributed by atoms with Crippen LogP contribution in [0.3, 0.4) is 0 Å². The molecule has 3 rings (SSSR count). The largest absolute Gasteiger partial charge is 0.421 e. The van der Waals surface area contributed by atoms with Crippen molar-refractivity contribution < 1.29 is 17.9 Å². The Morgan fingerprint density at radius 2 is 1.52 bits per heavy atom. The SMILES string of the molecule is NS(=O)(=O)c1c(OC(=O)c2ccccc2)ccc2ccccc12. The van der Waals surface area contributed by atoms with E-state index in [4.69, 9.17) is 9.88 Å². The Hall–Kier alpha value is -2.70. The lowest BCUT2D eigenvalue weighted by atomic mass is 10.1. The summed E-state index contributed by atoms with van der Waals surface area (Å²) in [6.07, 6.45) is 0. The Morgan fingerprint density at radius 3 is 2.22 bits per heavy atom. The van der Waals surface area contributed by atoms with Crippen molar-refractivity contribution in [1.29, 1.82) is 0 Å². The van der Waals surface area contributed by atoms with E-state index in [9.17, 15) is 13.2 Å². The Morgan fingerprint density at radius 1 is 0.870 bits per heavy atom. The Balaban J connectivity index is 2.13. The quantitative estimate of drug-likeness (QED) is 0.592. The normalized spacial score (nSPS) is 11.3. The number of hydrogen-bond acceptors (Lipinski definition) is 4. The predicted molar refractivity (Wildman–Crippen MR) is 86.7 cm³/mol. The van der Waals surface area contributed by atoms with Gasteiger partial charge in [-0.1, -0.05) is 48.5 Å². The molecule has 0 heterocycles. The first-order valence-electron chi connectivity index (χ1n) is 6.78. The number of carbonyl (C=O) groups excluding carboxylic acids is 1. The summed E-state index contributed by atoms with van der Waals surface area (Å²) in [5.74, 6) is -0.731. The average molecular weight is 327 g/mol. The maximum absolute atomic E-state index is 12.2. The van der Waals surface area contributed by atoms with Crippen LogP contribution in [0.4, 0.5) is 0 Å². The lowest BCUT2D eigenvalue weighted by molar-refractivity contribution is 0.0730. The molecule has 0 radical (unpaired) electrons. The van der Waals surface area contributed by atoms with E-state index in [0.717, 1.165) is 0 Å². The van der Waals surface area contributed by atoms with Gasteiger partial charge in [0.2, 0.25) is 10.0 Å². The van der Waals surface area contributed by atoms with Crippen molar-refractivity contribution in [3.8, 4) is 5.75 Å². The molecule has 0 spiro atoms. The van der Waals surface area contributed by atoms with Gasteiger partial charge in [-0.05, 0) is 23.6 Å². The summed E-state index contributed by atoms with van der Waals surface area (Å²) in [6.45, 7) is 0. The molecule has 0 aliphatic carbocycles. The van der Waals surface area contributed by atoms with Crippen LogP contribution in [0.5, 0.6) is 5.75 Å². The number of benzene rings is 3. The summed E-state index contributed by atoms with van der Waals surface area (Å²) >= 11 is 0. The molecule has 0 saturated carbocycles. The molecule has 0 amide bonds. The lowest BCUT2D eigenvalue weighted by Gasteiger charge is -2.11. The Kier molecular flexibility index (Phi) is 3.85. The van der Waals surface area contributed by atoms with E-state index in [2.05, 4.69) is 0 Å². The topological polar surface area (TPSA) is 86.5 Å². The highest BCUT2D eigenvalue weighted by atomic mass is 32.2. The van der Waals surface area contributed by atoms with E-state index < -0.39 is 16.0 Å². The van der Waals surface area contributed by atoms with E-state index in [-0.39, 0.29) is 10.6 Å². The fourth-order valence-corrected chi connectivity index (χ4v) is 3.21. The molecule has 116 valence electrons. The highest BCUT2D eigenvalue weighted by Gasteiger charge is 2.21. The minimum atomic E-state index is -4.07. The second-order valence-electron chi connectivity index (χ2n) is 4.91. The minimum Gasteiger partial charge on any atom is -0.421 e. The van der Waals surface area contributed by atoms with Gasteiger partial charge in [0.25, 0.3) is 0 Å². The zero-order valence-electron chi connectivity index (χ0n) is 12.0. The van der Waals surface area contributed by atoms with Crippen LogP contribution in [0.15, 0.2) is 71.6 Å². The van der Waals surface area contributed by atoms with E-state index in [0.29, 0.717) is 16.3 Å². The molecule has 0 saturated heterocycles. The molecule has 0 aliphatic heterocycles. The molecular weight excluding hydrogens is 314 g/mol. The van der Waals surface area contributed by atoms with Crippen molar-refractivity contribution >= 4 is 26.8 Å². The zero-order chi connectivity index (χ0) is 16.4. The molecular formula is C17H13NO4S. The van der Waals surface area contributed by atoms with Crippen molar-refractivity contribution in [2.24, 2.45) is 5.14 Å². The van der Waals surface area contributed by atoms with Crippen molar-refractivity contribution in [3.63, 3.8) is 0 Å². The van der Waals surface area contributed by atoms with Crippen LogP contribution in [-0.4, -0.2) is 14.4 Å². The van der Waals surface area contributed by atoms with Gasteiger partial charge in [-0.2, -0.15) is 0 Å². The van der Waals surface area contributed by atoms with Crippen LogP contribution < -0.4 is 9.88 Å². The van der Waals surface area contributed by atoms with Gasteiger partial charge in [0, 0.05) is 5.39 Å². The van der Waals surface area contributed by atoms with Gasteiger partial charge in [0.15, 0.2) is 5.75 Å². The molecule has 3 aromatic carbocycles. The number of sulfonamides is 1. The fraction of sp³-hybridized carbons (Fsp3) is 0. The van der Waals surface area contributed by atoms with Crippen LogP contribution >= 0.6 is 0 Å². The van der Waals surface area contributed by atoms with Crippen molar-refractivity contribution in [2.45, 2.75) is 4.90 Å². The minimum absolute atomic E-state index is 0.0833. The monoisotopic (exact) mass is 327 g/mol. The fourth-order valence-electron chi connectivity index (χ4n) is 2.33. The maximum atomic E-state index is 12.2. The van der Waals surface area contributed by atoms with Gasteiger partial charge >= 0.3 is 5.97 Å². The highest BCUT2D eigenvalue weighted by Crippen LogP contribution is 2.31. The van der Waals surface area contributed by atoms with Gasteiger partial charge in [-0.3, -0.25) is 0 Å². The molecule has 0 unspecified atom stereocenters.